The van der Waals surface area contributed by atoms with E-state index in [1.54, 1.807) is 22.7 Å². The Morgan fingerprint density at radius 2 is 1.62 bits per heavy atom. The minimum absolute atomic E-state index is 0.157. The second-order valence-corrected chi connectivity index (χ2v) is 12.9. The van der Waals surface area contributed by atoms with E-state index in [0.717, 1.165) is 42.8 Å². The molecule has 248 valence electrons. The molecule has 47 heavy (non-hydrogen) atoms. The number of hydrogen-bond acceptors (Lipinski definition) is 9. The molecule has 2 aromatic carbocycles. The van der Waals surface area contributed by atoms with E-state index in [-0.39, 0.29) is 17.7 Å². The van der Waals surface area contributed by atoms with Crippen molar-refractivity contribution in [2.45, 2.75) is 32.4 Å². The number of nitrogens with one attached hydrogen (secondary N) is 1. The fourth-order valence-corrected chi connectivity index (χ4v) is 5.97. The van der Waals surface area contributed by atoms with Crippen molar-refractivity contribution in [3.63, 3.8) is 0 Å². The van der Waals surface area contributed by atoms with E-state index in [9.17, 15) is 9.59 Å². The summed E-state index contributed by atoms with van der Waals surface area (Å²) < 4.78 is 7.25. The van der Waals surface area contributed by atoms with Gasteiger partial charge >= 0.3 is 6.09 Å². The Morgan fingerprint density at radius 1 is 0.936 bits per heavy atom. The van der Waals surface area contributed by atoms with Crippen LogP contribution >= 0.6 is 0 Å². The number of amides is 1. The molecule has 2 fully saturated rings. The number of benzene rings is 2. The molecule has 2 saturated heterocycles. The molecule has 4 heterocycles. The predicted molar refractivity (Wildman–Crippen MR) is 190 cm³/mol. The minimum atomic E-state index is -0.591. The zero-order valence-electron chi connectivity index (χ0n) is 28.1. The lowest BCUT2D eigenvalue weighted by atomic mass is 10.0. The van der Waals surface area contributed by atoms with E-state index in [0.29, 0.717) is 36.9 Å². The number of carbonyl (C=O) groups is 1. The van der Waals surface area contributed by atoms with Crippen LogP contribution in [0, 0.1) is 0 Å². The van der Waals surface area contributed by atoms with Gasteiger partial charge in [-0.15, -0.1) is 13.2 Å². The highest BCUT2D eigenvalue weighted by atomic mass is 16.6. The molecule has 0 aliphatic carbocycles. The monoisotopic (exact) mass is 638 g/mol. The van der Waals surface area contributed by atoms with Crippen LogP contribution in [0.2, 0.25) is 0 Å². The van der Waals surface area contributed by atoms with Crippen molar-refractivity contribution in [2.75, 3.05) is 68.0 Å². The Balaban J connectivity index is 0.00000213. The van der Waals surface area contributed by atoms with Crippen molar-refractivity contribution in [2.24, 2.45) is 7.05 Å². The summed E-state index contributed by atoms with van der Waals surface area (Å²) in [7, 11) is 3.89. The number of anilines is 4. The summed E-state index contributed by atoms with van der Waals surface area (Å²) in [6.07, 6.45) is 1.40. The summed E-state index contributed by atoms with van der Waals surface area (Å²) in [4.78, 5) is 44.7. The number of piperazine rings is 2. The van der Waals surface area contributed by atoms with Crippen LogP contribution in [-0.2, 0) is 11.8 Å². The highest BCUT2D eigenvalue weighted by Gasteiger charge is 2.34. The third kappa shape index (κ3) is 7.74. The Hall–Kier alpha value is -4.90. The van der Waals surface area contributed by atoms with Gasteiger partial charge in [0.2, 0.25) is 5.95 Å². The molecule has 0 radical (unpaired) electrons. The van der Waals surface area contributed by atoms with Gasteiger partial charge in [0.15, 0.2) is 0 Å². The van der Waals surface area contributed by atoms with E-state index in [1.807, 2.05) is 69.3 Å². The summed E-state index contributed by atoms with van der Waals surface area (Å²) in [5, 5.41) is 4.05. The summed E-state index contributed by atoms with van der Waals surface area (Å²) in [5.41, 5.74) is 3.43. The number of aryl methyl sites for hydroxylation is 1. The van der Waals surface area contributed by atoms with E-state index < -0.39 is 5.60 Å². The highest BCUT2D eigenvalue weighted by Crippen LogP contribution is 2.31. The molecule has 2 aromatic heterocycles. The first-order valence-corrected chi connectivity index (χ1v) is 16.0. The molecule has 1 unspecified atom stereocenters. The highest BCUT2D eigenvalue weighted by molar-refractivity contribution is 5.80. The van der Waals surface area contributed by atoms with Gasteiger partial charge in [0, 0.05) is 75.8 Å². The van der Waals surface area contributed by atoms with Crippen LogP contribution in [0.4, 0.5) is 27.8 Å². The Labute approximate surface area is 277 Å². The lowest BCUT2D eigenvalue weighted by Crippen LogP contribution is -2.52. The van der Waals surface area contributed by atoms with E-state index in [2.05, 4.69) is 57.3 Å². The zero-order valence-corrected chi connectivity index (χ0v) is 28.1. The van der Waals surface area contributed by atoms with Gasteiger partial charge in [-0.1, -0.05) is 30.3 Å². The van der Waals surface area contributed by atoms with Crippen LogP contribution in [0.25, 0.3) is 11.0 Å². The molecule has 4 aromatic rings. The Kier molecular flexibility index (Phi) is 10.1. The number of aromatic nitrogens is 3. The lowest BCUT2D eigenvalue weighted by molar-refractivity contribution is 0.0214. The largest absolute Gasteiger partial charge is 0.444 e. The van der Waals surface area contributed by atoms with Crippen molar-refractivity contribution in [3.05, 3.63) is 95.9 Å². The summed E-state index contributed by atoms with van der Waals surface area (Å²) in [5.74, 6) is 0.422. The van der Waals surface area contributed by atoms with Gasteiger partial charge in [-0.2, -0.15) is 4.98 Å². The summed E-state index contributed by atoms with van der Waals surface area (Å²) in [6, 6.07) is 19.9. The number of nitrogens with zero attached hydrogens (tertiary/aromatic N) is 7. The SMILES string of the molecule is C=C.CN1CCN(c2ccc(Nc3ncc4cc(N5CCN(C(=O)OC(C)(C)C)CC5c5ccccc5)c(=O)n(C)c4n3)cc2)CC1. The number of rotatable bonds is 5. The lowest BCUT2D eigenvalue weighted by Gasteiger charge is -2.42. The van der Waals surface area contributed by atoms with Crippen molar-refractivity contribution in [1.29, 1.82) is 0 Å². The standard InChI is InChI=1S/C34H42N8O3.C2H4/c1-34(2,3)45-33(44)41-19-20-42(29(23-41)24-9-7-6-8-10-24)28-21-25-22-35-32(37-30(25)39(5)31(28)43)36-26-11-13-27(14-12-26)40-17-15-38(4)16-18-40;1-2/h6-14,21-22,29H,15-20,23H2,1-5H3,(H,35,36,37);1-2H2. The van der Waals surface area contributed by atoms with Crippen LogP contribution in [-0.4, -0.2) is 88.9 Å². The van der Waals surface area contributed by atoms with Crippen LogP contribution in [0.5, 0.6) is 0 Å². The van der Waals surface area contributed by atoms with Crippen molar-refractivity contribution in [3.8, 4) is 0 Å². The molecular formula is C36H46N8O3. The first-order valence-electron chi connectivity index (χ1n) is 16.0. The molecule has 2 aliphatic heterocycles. The maximum Gasteiger partial charge on any atom is 0.410 e. The maximum absolute atomic E-state index is 13.9. The molecule has 0 bridgehead atoms. The van der Waals surface area contributed by atoms with Gasteiger partial charge in [0.1, 0.15) is 16.9 Å². The first-order chi connectivity index (χ1) is 22.6. The molecular weight excluding hydrogens is 592 g/mol. The molecule has 11 heteroatoms. The van der Waals surface area contributed by atoms with Crippen LogP contribution in [0.3, 0.4) is 0 Å². The van der Waals surface area contributed by atoms with Crippen LogP contribution < -0.4 is 20.7 Å². The summed E-state index contributed by atoms with van der Waals surface area (Å²) in [6.45, 7) is 17.0. The number of fused-ring (bicyclic) bond motifs is 1. The Bertz CT molecular complexity index is 1730. The van der Waals surface area contributed by atoms with Gasteiger partial charge in [-0.3, -0.25) is 9.36 Å². The smallest absolute Gasteiger partial charge is 0.410 e. The average molecular weight is 639 g/mol. The van der Waals surface area contributed by atoms with Crippen molar-refractivity contribution < 1.29 is 9.53 Å². The number of hydrogen-bond donors (Lipinski definition) is 1. The predicted octanol–water partition coefficient (Wildman–Crippen LogP) is 5.42. The fourth-order valence-electron chi connectivity index (χ4n) is 5.97. The molecule has 1 N–H and O–H groups in total. The fraction of sp³-hybridized carbons (Fsp3) is 0.389. The number of carbonyl (C=O) groups excluding carboxylic acids is 1. The van der Waals surface area contributed by atoms with Crippen molar-refractivity contribution >= 4 is 40.1 Å². The van der Waals surface area contributed by atoms with Gasteiger partial charge < -0.3 is 29.7 Å². The van der Waals surface area contributed by atoms with Crippen molar-refractivity contribution in [1.82, 2.24) is 24.3 Å². The zero-order chi connectivity index (χ0) is 33.7. The molecule has 6 rings (SSSR count). The van der Waals surface area contributed by atoms with Crippen LogP contribution in [0.1, 0.15) is 32.4 Å². The summed E-state index contributed by atoms with van der Waals surface area (Å²) >= 11 is 0. The van der Waals surface area contributed by atoms with E-state index in [1.165, 1.54) is 5.69 Å². The minimum Gasteiger partial charge on any atom is -0.444 e. The first kappa shape index (κ1) is 33.5. The second kappa shape index (κ2) is 14.3. The number of likely N-dealkylation sites (N-methyl/N-ethyl adjacent to an activating group) is 1. The molecule has 0 saturated carbocycles. The molecule has 1 amide bonds. The maximum atomic E-state index is 13.9. The van der Waals surface area contributed by atoms with Crippen LogP contribution in [0.15, 0.2) is 84.8 Å². The van der Waals surface area contributed by atoms with E-state index in [4.69, 9.17) is 9.72 Å². The third-order valence-corrected chi connectivity index (χ3v) is 8.45. The third-order valence-electron chi connectivity index (χ3n) is 8.45. The topological polar surface area (TPSA) is 99.1 Å². The van der Waals surface area contributed by atoms with Gasteiger partial charge in [0.25, 0.3) is 5.56 Å². The molecule has 1 atom stereocenters. The quantitative estimate of drug-likeness (QED) is 0.287. The van der Waals surface area contributed by atoms with E-state index >= 15 is 0 Å². The van der Waals surface area contributed by atoms with Gasteiger partial charge in [0.05, 0.1) is 6.04 Å². The average Bonchev–Trinajstić information content (AvgIpc) is 3.08. The second-order valence-electron chi connectivity index (χ2n) is 12.9. The number of ether oxygens (including phenoxy) is 1. The van der Waals surface area contributed by atoms with Gasteiger partial charge in [-0.25, -0.2) is 9.78 Å². The molecule has 11 nitrogen and oxygen atoms in total. The molecule has 2 aliphatic rings. The Morgan fingerprint density at radius 3 is 2.28 bits per heavy atom. The number of pyridine rings is 1. The normalized spacial score (nSPS) is 17.2. The molecule has 0 spiro atoms. The van der Waals surface area contributed by atoms with Gasteiger partial charge in [-0.05, 0) is 63.7 Å².